The minimum Gasteiger partial charge on any atom is -0.484 e. The number of fused-ring (bicyclic) bond motifs is 1. The van der Waals surface area contributed by atoms with Crippen molar-refractivity contribution in [3.05, 3.63) is 29.3 Å². The molecule has 2 amide bonds. The van der Waals surface area contributed by atoms with Crippen molar-refractivity contribution in [2.45, 2.75) is 45.3 Å². The number of primary amides is 1. The van der Waals surface area contributed by atoms with E-state index in [9.17, 15) is 9.59 Å². The number of amides is 2. The predicted octanol–water partition coefficient (Wildman–Crippen LogP) is 1.54. The fraction of sp³-hybridized carbons (Fsp3) is 0.500. The van der Waals surface area contributed by atoms with Crippen molar-refractivity contribution in [1.29, 1.82) is 0 Å². The molecule has 0 spiro atoms. The predicted molar refractivity (Wildman–Crippen MR) is 81.7 cm³/mol. The van der Waals surface area contributed by atoms with Crippen LogP contribution in [0.1, 0.15) is 31.9 Å². The summed E-state index contributed by atoms with van der Waals surface area (Å²) in [4.78, 5) is 22.5. The Morgan fingerprint density at radius 3 is 2.59 bits per heavy atom. The largest absolute Gasteiger partial charge is 0.484 e. The van der Waals surface area contributed by atoms with E-state index in [2.05, 4.69) is 5.32 Å². The Kier molecular flexibility index (Phi) is 4.59. The molecule has 0 radical (unpaired) electrons. The second kappa shape index (κ2) is 6.25. The number of carbonyl (C=O) groups is 2. The first-order chi connectivity index (χ1) is 10.2. The fourth-order valence-corrected chi connectivity index (χ4v) is 2.42. The van der Waals surface area contributed by atoms with E-state index < -0.39 is 17.6 Å². The van der Waals surface area contributed by atoms with Crippen molar-refractivity contribution in [2.24, 2.45) is 5.73 Å². The number of rotatable bonds is 4. The fourth-order valence-electron chi connectivity index (χ4n) is 2.42. The maximum absolute atomic E-state index is 11.8. The van der Waals surface area contributed by atoms with Crippen molar-refractivity contribution >= 4 is 12.0 Å². The van der Waals surface area contributed by atoms with Crippen LogP contribution in [0.15, 0.2) is 18.2 Å². The zero-order chi connectivity index (χ0) is 16.3. The number of benzene rings is 1. The van der Waals surface area contributed by atoms with Crippen LogP contribution in [0.5, 0.6) is 5.75 Å². The number of alkyl carbamates (subject to hydrolysis) is 1. The van der Waals surface area contributed by atoms with Gasteiger partial charge in [0.25, 0.3) is 5.91 Å². The normalized spacial score (nSPS) is 16.8. The molecular formula is C16H22N2O4. The maximum atomic E-state index is 11.8. The van der Waals surface area contributed by atoms with Gasteiger partial charge in [-0.15, -0.1) is 0 Å². The van der Waals surface area contributed by atoms with Gasteiger partial charge in [-0.25, -0.2) is 4.79 Å². The molecule has 1 atom stereocenters. The molecule has 6 nitrogen and oxygen atoms in total. The lowest BCUT2D eigenvalue weighted by Crippen LogP contribution is -2.39. The van der Waals surface area contributed by atoms with Crippen LogP contribution >= 0.6 is 0 Å². The number of carbonyl (C=O) groups excluding carboxylic acids is 2. The van der Waals surface area contributed by atoms with Crippen LogP contribution in [0, 0.1) is 0 Å². The SMILES string of the molecule is CC(C)(C)OC(=O)NC1Cc2ccc(OCC(N)=O)cc2C1. The molecule has 0 fully saturated rings. The first-order valence-corrected chi connectivity index (χ1v) is 7.25. The minimum absolute atomic E-state index is 0.0104. The molecule has 0 heterocycles. The van der Waals surface area contributed by atoms with Crippen molar-refractivity contribution in [3.8, 4) is 5.75 Å². The first-order valence-electron chi connectivity index (χ1n) is 7.25. The maximum Gasteiger partial charge on any atom is 0.407 e. The van der Waals surface area contributed by atoms with Gasteiger partial charge in [0.1, 0.15) is 11.4 Å². The quantitative estimate of drug-likeness (QED) is 0.883. The Hall–Kier alpha value is -2.24. The van der Waals surface area contributed by atoms with E-state index >= 15 is 0 Å². The molecule has 6 heteroatoms. The zero-order valence-electron chi connectivity index (χ0n) is 13.1. The second-order valence-electron chi connectivity index (χ2n) is 6.44. The Balaban J connectivity index is 1.92. The average molecular weight is 306 g/mol. The molecule has 3 N–H and O–H groups in total. The zero-order valence-corrected chi connectivity index (χ0v) is 13.1. The lowest BCUT2D eigenvalue weighted by Gasteiger charge is -2.21. The molecule has 120 valence electrons. The smallest absolute Gasteiger partial charge is 0.407 e. The van der Waals surface area contributed by atoms with E-state index in [1.165, 1.54) is 0 Å². The molecular weight excluding hydrogens is 284 g/mol. The lowest BCUT2D eigenvalue weighted by atomic mass is 10.1. The van der Waals surface area contributed by atoms with Gasteiger partial charge in [0.2, 0.25) is 0 Å². The first kappa shape index (κ1) is 16.1. The Morgan fingerprint density at radius 1 is 1.27 bits per heavy atom. The van der Waals surface area contributed by atoms with Crippen LogP contribution in [0.3, 0.4) is 0 Å². The molecule has 1 aliphatic rings. The summed E-state index contributed by atoms with van der Waals surface area (Å²) in [6.07, 6.45) is 1.06. The molecule has 1 aromatic rings. The van der Waals surface area contributed by atoms with Gasteiger partial charge < -0.3 is 20.5 Å². The molecule has 0 aliphatic heterocycles. The van der Waals surface area contributed by atoms with Crippen molar-refractivity contribution in [3.63, 3.8) is 0 Å². The summed E-state index contributed by atoms with van der Waals surface area (Å²) in [5, 5.41) is 2.88. The highest BCUT2D eigenvalue weighted by atomic mass is 16.6. The molecule has 0 bridgehead atoms. The molecule has 1 aromatic carbocycles. The van der Waals surface area contributed by atoms with Gasteiger partial charge in [0.05, 0.1) is 0 Å². The van der Waals surface area contributed by atoms with E-state index in [0.717, 1.165) is 17.5 Å². The lowest BCUT2D eigenvalue weighted by molar-refractivity contribution is -0.119. The Labute approximate surface area is 130 Å². The van der Waals surface area contributed by atoms with Gasteiger partial charge in [-0.3, -0.25) is 4.79 Å². The van der Waals surface area contributed by atoms with Crippen LogP contribution in [-0.2, 0) is 22.4 Å². The van der Waals surface area contributed by atoms with Crippen LogP contribution in [0.25, 0.3) is 0 Å². The summed E-state index contributed by atoms with van der Waals surface area (Å²) in [6, 6.07) is 5.64. The third kappa shape index (κ3) is 4.65. The van der Waals surface area contributed by atoms with Crippen molar-refractivity contribution in [1.82, 2.24) is 5.32 Å². The molecule has 0 saturated heterocycles. The van der Waals surface area contributed by atoms with Crippen LogP contribution in [0.2, 0.25) is 0 Å². The van der Waals surface area contributed by atoms with Crippen molar-refractivity contribution in [2.75, 3.05) is 6.61 Å². The third-order valence-electron chi connectivity index (χ3n) is 3.21. The summed E-state index contributed by atoms with van der Waals surface area (Å²) in [6.45, 7) is 5.35. The number of ether oxygens (including phenoxy) is 2. The molecule has 1 unspecified atom stereocenters. The van der Waals surface area contributed by atoms with Gasteiger partial charge in [-0.05, 0) is 56.9 Å². The summed E-state index contributed by atoms with van der Waals surface area (Å²) in [7, 11) is 0. The highest BCUT2D eigenvalue weighted by Gasteiger charge is 2.25. The van der Waals surface area contributed by atoms with Gasteiger partial charge in [-0.2, -0.15) is 0 Å². The van der Waals surface area contributed by atoms with E-state index in [1.54, 1.807) is 6.07 Å². The molecule has 22 heavy (non-hydrogen) atoms. The minimum atomic E-state index is -0.509. The number of hydrogen-bond donors (Lipinski definition) is 2. The molecule has 0 aromatic heterocycles. The van der Waals surface area contributed by atoms with E-state index in [0.29, 0.717) is 12.2 Å². The summed E-state index contributed by atoms with van der Waals surface area (Å²) in [5.74, 6) is 0.0976. The van der Waals surface area contributed by atoms with E-state index in [-0.39, 0.29) is 12.6 Å². The van der Waals surface area contributed by atoms with Crippen LogP contribution in [0.4, 0.5) is 4.79 Å². The topological polar surface area (TPSA) is 90.7 Å². The van der Waals surface area contributed by atoms with Gasteiger partial charge >= 0.3 is 6.09 Å². The van der Waals surface area contributed by atoms with Gasteiger partial charge in [-0.1, -0.05) is 6.07 Å². The average Bonchev–Trinajstić information content (AvgIpc) is 2.74. The molecule has 2 rings (SSSR count). The highest BCUT2D eigenvalue weighted by molar-refractivity contribution is 5.75. The Bertz CT molecular complexity index is 578. The molecule has 0 saturated carbocycles. The monoisotopic (exact) mass is 306 g/mol. The van der Waals surface area contributed by atoms with E-state index in [4.69, 9.17) is 15.2 Å². The second-order valence-corrected chi connectivity index (χ2v) is 6.44. The highest BCUT2D eigenvalue weighted by Crippen LogP contribution is 2.26. The summed E-state index contributed by atoms with van der Waals surface area (Å²) in [5.41, 5.74) is 6.81. The van der Waals surface area contributed by atoms with Gasteiger partial charge in [0.15, 0.2) is 6.61 Å². The van der Waals surface area contributed by atoms with Gasteiger partial charge in [0, 0.05) is 6.04 Å². The van der Waals surface area contributed by atoms with Crippen LogP contribution in [-0.4, -0.2) is 30.3 Å². The number of hydrogen-bond acceptors (Lipinski definition) is 4. The summed E-state index contributed by atoms with van der Waals surface area (Å²) < 4.78 is 10.5. The van der Waals surface area contributed by atoms with Crippen LogP contribution < -0.4 is 15.8 Å². The Morgan fingerprint density at radius 2 is 1.95 bits per heavy atom. The third-order valence-corrected chi connectivity index (χ3v) is 3.21. The standard InChI is InChI=1S/C16H22N2O4/c1-16(2,3)22-15(20)18-12-6-10-4-5-13(8-11(10)7-12)21-9-14(17)19/h4-5,8,12H,6-7,9H2,1-3H3,(H2,17,19)(H,18,20). The number of nitrogens with two attached hydrogens (primary N) is 1. The van der Waals surface area contributed by atoms with Crippen molar-refractivity contribution < 1.29 is 19.1 Å². The number of nitrogens with one attached hydrogen (secondary N) is 1. The molecule has 1 aliphatic carbocycles. The van der Waals surface area contributed by atoms with E-state index in [1.807, 2.05) is 32.9 Å². The summed E-state index contributed by atoms with van der Waals surface area (Å²) >= 11 is 0.